The Kier molecular flexibility index (Phi) is 4.75. The summed E-state index contributed by atoms with van der Waals surface area (Å²) in [4.78, 5) is 25.2. The minimum atomic E-state index is -0.988. The molecule has 0 spiro atoms. The van der Waals surface area contributed by atoms with E-state index in [1.165, 1.54) is 38.4 Å². The SMILES string of the molecule is COc1cc(C(=O)N2CCC[C@@H]2C(=O)O)cc(OC)c1OC. The van der Waals surface area contributed by atoms with Crippen molar-refractivity contribution in [3.8, 4) is 17.2 Å². The molecule has 1 saturated heterocycles. The Morgan fingerprint density at radius 2 is 1.73 bits per heavy atom. The number of amides is 1. The molecule has 1 N–H and O–H groups in total. The van der Waals surface area contributed by atoms with Gasteiger partial charge in [0.1, 0.15) is 6.04 Å². The van der Waals surface area contributed by atoms with Gasteiger partial charge in [-0.2, -0.15) is 0 Å². The summed E-state index contributed by atoms with van der Waals surface area (Å²) in [6.45, 7) is 0.423. The average Bonchev–Trinajstić information content (AvgIpc) is 3.02. The summed E-state index contributed by atoms with van der Waals surface area (Å²) in [5, 5.41) is 9.20. The van der Waals surface area contributed by atoms with Crippen LogP contribution in [-0.2, 0) is 4.79 Å². The highest BCUT2D eigenvalue weighted by Crippen LogP contribution is 2.38. The summed E-state index contributed by atoms with van der Waals surface area (Å²) in [5.41, 5.74) is 0.308. The Balaban J connectivity index is 2.39. The quantitative estimate of drug-likeness (QED) is 0.885. The molecule has 0 aromatic heterocycles. The number of ether oxygens (including phenoxy) is 3. The molecule has 0 unspecified atom stereocenters. The predicted octanol–water partition coefficient (Wildman–Crippen LogP) is 1.40. The van der Waals surface area contributed by atoms with Crippen LogP contribution in [0.2, 0.25) is 0 Å². The van der Waals surface area contributed by atoms with E-state index in [-0.39, 0.29) is 5.91 Å². The predicted molar refractivity (Wildman–Crippen MR) is 77.8 cm³/mol. The average molecular weight is 309 g/mol. The molecule has 1 aliphatic rings. The number of carboxylic acids is 1. The van der Waals surface area contributed by atoms with Gasteiger partial charge in [-0.3, -0.25) is 4.79 Å². The lowest BCUT2D eigenvalue weighted by Gasteiger charge is -2.22. The monoisotopic (exact) mass is 309 g/mol. The number of hydrogen-bond donors (Lipinski definition) is 1. The number of aliphatic carboxylic acids is 1. The molecule has 7 nitrogen and oxygen atoms in total. The molecular formula is C15H19NO6. The zero-order valence-corrected chi connectivity index (χ0v) is 12.8. The van der Waals surface area contributed by atoms with Crippen LogP contribution >= 0.6 is 0 Å². The molecule has 7 heteroatoms. The highest BCUT2D eigenvalue weighted by atomic mass is 16.5. The van der Waals surface area contributed by atoms with Crippen molar-refractivity contribution in [1.29, 1.82) is 0 Å². The largest absolute Gasteiger partial charge is 0.493 e. The number of carbonyl (C=O) groups is 2. The molecule has 1 heterocycles. The van der Waals surface area contributed by atoms with Crippen LogP contribution in [0.25, 0.3) is 0 Å². The van der Waals surface area contributed by atoms with Gasteiger partial charge in [0.05, 0.1) is 21.3 Å². The van der Waals surface area contributed by atoms with E-state index in [0.717, 1.165) is 0 Å². The Labute approximate surface area is 128 Å². The van der Waals surface area contributed by atoms with Gasteiger partial charge in [-0.25, -0.2) is 4.79 Å². The summed E-state index contributed by atoms with van der Waals surface area (Å²) >= 11 is 0. The van der Waals surface area contributed by atoms with E-state index in [0.29, 0.717) is 42.2 Å². The highest BCUT2D eigenvalue weighted by molar-refractivity contribution is 5.98. The summed E-state index contributed by atoms with van der Waals surface area (Å²) in [6.07, 6.45) is 1.14. The second-order valence-electron chi connectivity index (χ2n) is 4.91. The van der Waals surface area contributed by atoms with Crippen LogP contribution in [0.1, 0.15) is 23.2 Å². The molecule has 1 fully saturated rings. The summed E-state index contributed by atoms with van der Waals surface area (Å²) < 4.78 is 15.6. The van der Waals surface area contributed by atoms with E-state index in [9.17, 15) is 14.7 Å². The fourth-order valence-electron chi connectivity index (χ4n) is 2.64. The molecule has 1 atom stereocenters. The second kappa shape index (κ2) is 6.55. The van der Waals surface area contributed by atoms with Crippen LogP contribution < -0.4 is 14.2 Å². The fraction of sp³-hybridized carbons (Fsp3) is 0.467. The molecule has 120 valence electrons. The molecule has 1 aromatic rings. The molecule has 22 heavy (non-hydrogen) atoms. The van der Waals surface area contributed by atoms with Crippen LogP contribution in [-0.4, -0.2) is 55.8 Å². The number of likely N-dealkylation sites (tertiary alicyclic amines) is 1. The number of carboxylic acid groups (broad SMARTS) is 1. The molecule has 0 radical (unpaired) electrons. The summed E-state index contributed by atoms with van der Waals surface area (Å²) in [6, 6.07) is 2.27. The van der Waals surface area contributed by atoms with Crippen LogP contribution in [0.15, 0.2) is 12.1 Å². The molecule has 0 aliphatic carbocycles. The molecule has 0 saturated carbocycles. The first-order valence-electron chi connectivity index (χ1n) is 6.87. The van der Waals surface area contributed by atoms with E-state index in [2.05, 4.69) is 0 Å². The van der Waals surface area contributed by atoms with E-state index in [1.807, 2.05) is 0 Å². The van der Waals surface area contributed by atoms with Gasteiger partial charge in [0.15, 0.2) is 11.5 Å². The maximum Gasteiger partial charge on any atom is 0.326 e. The number of carbonyl (C=O) groups excluding carboxylic acids is 1. The maximum absolute atomic E-state index is 12.6. The summed E-state index contributed by atoms with van der Waals surface area (Å²) in [5.74, 6) is -0.243. The Morgan fingerprint density at radius 3 is 2.18 bits per heavy atom. The molecule has 1 aromatic carbocycles. The van der Waals surface area contributed by atoms with Crippen molar-refractivity contribution >= 4 is 11.9 Å². The molecule has 2 rings (SSSR count). The fourth-order valence-corrected chi connectivity index (χ4v) is 2.64. The zero-order valence-electron chi connectivity index (χ0n) is 12.8. The molecule has 1 aliphatic heterocycles. The van der Waals surface area contributed by atoms with E-state index >= 15 is 0 Å². The lowest BCUT2D eigenvalue weighted by molar-refractivity contribution is -0.141. The van der Waals surface area contributed by atoms with Crippen molar-refractivity contribution in [3.05, 3.63) is 17.7 Å². The maximum atomic E-state index is 12.6. The lowest BCUT2D eigenvalue weighted by atomic mass is 10.1. The van der Waals surface area contributed by atoms with E-state index in [4.69, 9.17) is 14.2 Å². The van der Waals surface area contributed by atoms with Crippen molar-refractivity contribution in [3.63, 3.8) is 0 Å². The number of hydrogen-bond acceptors (Lipinski definition) is 5. The van der Waals surface area contributed by atoms with Gasteiger partial charge < -0.3 is 24.2 Å². The van der Waals surface area contributed by atoms with Gasteiger partial charge in [0.2, 0.25) is 5.75 Å². The van der Waals surface area contributed by atoms with Crippen LogP contribution in [0.5, 0.6) is 17.2 Å². The third-order valence-electron chi connectivity index (χ3n) is 3.71. The van der Waals surface area contributed by atoms with Gasteiger partial charge in [0.25, 0.3) is 5.91 Å². The third kappa shape index (κ3) is 2.79. The standard InChI is InChI=1S/C15H19NO6/c1-20-11-7-9(8-12(21-2)13(11)22-3)14(17)16-6-4-5-10(16)15(18)19/h7-8,10H,4-6H2,1-3H3,(H,18,19)/t10-/m1/s1. The van der Waals surface area contributed by atoms with E-state index < -0.39 is 12.0 Å². The van der Waals surface area contributed by atoms with Crippen molar-refractivity contribution in [1.82, 2.24) is 4.90 Å². The Bertz CT molecular complexity index is 560. The zero-order chi connectivity index (χ0) is 16.3. The first-order valence-corrected chi connectivity index (χ1v) is 6.87. The second-order valence-corrected chi connectivity index (χ2v) is 4.91. The lowest BCUT2D eigenvalue weighted by Crippen LogP contribution is -2.40. The number of rotatable bonds is 5. The van der Waals surface area contributed by atoms with Crippen LogP contribution in [0, 0.1) is 0 Å². The van der Waals surface area contributed by atoms with Crippen molar-refractivity contribution < 1.29 is 28.9 Å². The molecular weight excluding hydrogens is 290 g/mol. The summed E-state index contributed by atoms with van der Waals surface area (Å²) in [7, 11) is 4.39. The number of methoxy groups -OCH3 is 3. The van der Waals surface area contributed by atoms with E-state index in [1.54, 1.807) is 0 Å². The number of benzene rings is 1. The van der Waals surface area contributed by atoms with Crippen LogP contribution in [0.3, 0.4) is 0 Å². The van der Waals surface area contributed by atoms with Gasteiger partial charge in [-0.15, -0.1) is 0 Å². The van der Waals surface area contributed by atoms with Crippen LogP contribution in [0.4, 0.5) is 0 Å². The van der Waals surface area contributed by atoms with Gasteiger partial charge in [0, 0.05) is 12.1 Å². The smallest absolute Gasteiger partial charge is 0.326 e. The molecule has 0 bridgehead atoms. The van der Waals surface area contributed by atoms with Gasteiger partial charge >= 0.3 is 5.97 Å². The Hall–Kier alpha value is -2.44. The third-order valence-corrected chi connectivity index (χ3v) is 3.71. The van der Waals surface area contributed by atoms with Crippen molar-refractivity contribution in [2.24, 2.45) is 0 Å². The van der Waals surface area contributed by atoms with Crippen molar-refractivity contribution in [2.75, 3.05) is 27.9 Å². The Morgan fingerprint density at radius 1 is 1.14 bits per heavy atom. The first-order chi connectivity index (χ1) is 10.5. The van der Waals surface area contributed by atoms with Gasteiger partial charge in [-0.05, 0) is 25.0 Å². The minimum absolute atomic E-state index is 0.308. The van der Waals surface area contributed by atoms with Gasteiger partial charge in [-0.1, -0.05) is 0 Å². The number of nitrogens with zero attached hydrogens (tertiary/aromatic N) is 1. The molecule has 1 amide bonds. The normalized spacial score (nSPS) is 17.2. The highest BCUT2D eigenvalue weighted by Gasteiger charge is 2.35. The first kappa shape index (κ1) is 15.9. The minimum Gasteiger partial charge on any atom is -0.493 e. The van der Waals surface area contributed by atoms with Crippen molar-refractivity contribution in [2.45, 2.75) is 18.9 Å². The topological polar surface area (TPSA) is 85.3 Å².